The van der Waals surface area contributed by atoms with E-state index in [1.807, 2.05) is 6.92 Å². The van der Waals surface area contributed by atoms with Crippen LogP contribution in [0.25, 0.3) is 0 Å². The number of hydrogen-bond donors (Lipinski definition) is 1. The quantitative estimate of drug-likeness (QED) is 0.944. The molecule has 0 atom stereocenters. The first kappa shape index (κ1) is 14.9. The Kier molecular flexibility index (Phi) is 4.15. The maximum Gasteiger partial charge on any atom is 0.573 e. The van der Waals surface area contributed by atoms with Crippen molar-refractivity contribution >= 4 is 11.6 Å². The Balaban J connectivity index is 2.17. The van der Waals surface area contributed by atoms with Crippen molar-refractivity contribution in [3.05, 3.63) is 42.2 Å². The van der Waals surface area contributed by atoms with E-state index in [1.54, 1.807) is 0 Å². The smallest absolute Gasteiger partial charge is 0.404 e. The molecule has 0 aliphatic rings. The molecule has 0 bridgehead atoms. The predicted molar refractivity (Wildman–Crippen MR) is 69.0 cm³/mol. The van der Waals surface area contributed by atoms with Gasteiger partial charge in [0, 0.05) is 12.7 Å². The standard InChI is InChI=1S/C13H12F3N3O2/c1-2-19-8-9(7-17-19)12(20)18-10-5-3-4-6-11(10)21-13(14,15)16/h3-8H,2H2,1H3,(H,18,20). The van der Waals surface area contributed by atoms with Crippen LogP contribution in [-0.4, -0.2) is 22.1 Å². The van der Waals surface area contributed by atoms with Crippen molar-refractivity contribution in [1.29, 1.82) is 0 Å². The first-order chi connectivity index (χ1) is 9.89. The molecule has 0 saturated heterocycles. The molecule has 0 saturated carbocycles. The molecule has 1 amide bonds. The fraction of sp³-hybridized carbons (Fsp3) is 0.231. The van der Waals surface area contributed by atoms with E-state index in [2.05, 4.69) is 15.2 Å². The number of alkyl halides is 3. The second-order valence-corrected chi connectivity index (χ2v) is 4.08. The van der Waals surface area contributed by atoms with Gasteiger partial charge in [-0.1, -0.05) is 12.1 Å². The third kappa shape index (κ3) is 3.98. The van der Waals surface area contributed by atoms with Crippen LogP contribution in [-0.2, 0) is 6.54 Å². The van der Waals surface area contributed by atoms with Gasteiger partial charge in [0.05, 0.1) is 17.4 Å². The number of ether oxygens (including phenoxy) is 1. The summed E-state index contributed by atoms with van der Waals surface area (Å²) in [5.41, 5.74) is 0.183. The minimum absolute atomic E-state index is 0.0657. The summed E-state index contributed by atoms with van der Waals surface area (Å²) < 4.78 is 42.2. The van der Waals surface area contributed by atoms with E-state index in [9.17, 15) is 18.0 Å². The van der Waals surface area contributed by atoms with E-state index in [0.717, 1.165) is 6.07 Å². The van der Waals surface area contributed by atoms with Crippen LogP contribution in [0.1, 0.15) is 17.3 Å². The van der Waals surface area contributed by atoms with Gasteiger partial charge >= 0.3 is 6.36 Å². The van der Waals surface area contributed by atoms with E-state index >= 15 is 0 Å². The zero-order chi connectivity index (χ0) is 15.5. The van der Waals surface area contributed by atoms with Crippen LogP contribution >= 0.6 is 0 Å². The average Bonchev–Trinajstić information content (AvgIpc) is 2.88. The van der Waals surface area contributed by atoms with Crippen molar-refractivity contribution in [2.24, 2.45) is 0 Å². The number of aryl methyl sites for hydroxylation is 1. The third-order valence-corrected chi connectivity index (χ3v) is 2.58. The summed E-state index contributed by atoms with van der Waals surface area (Å²) >= 11 is 0. The molecule has 0 fully saturated rings. The molecular weight excluding hydrogens is 287 g/mol. The van der Waals surface area contributed by atoms with Crippen molar-refractivity contribution in [2.75, 3.05) is 5.32 Å². The summed E-state index contributed by atoms with van der Waals surface area (Å²) in [4.78, 5) is 12.0. The Morgan fingerprint density at radius 1 is 1.38 bits per heavy atom. The SMILES string of the molecule is CCn1cc(C(=O)Nc2ccccc2OC(F)(F)F)cn1. The number of rotatable bonds is 4. The van der Waals surface area contributed by atoms with E-state index in [4.69, 9.17) is 0 Å². The average molecular weight is 299 g/mol. The van der Waals surface area contributed by atoms with Crippen LogP contribution in [0, 0.1) is 0 Å². The van der Waals surface area contributed by atoms with Gasteiger partial charge in [0.2, 0.25) is 0 Å². The molecule has 112 valence electrons. The highest BCUT2D eigenvalue weighted by Crippen LogP contribution is 2.30. The minimum atomic E-state index is -4.83. The number of hydrogen-bond acceptors (Lipinski definition) is 3. The van der Waals surface area contributed by atoms with E-state index in [1.165, 1.54) is 35.3 Å². The van der Waals surface area contributed by atoms with Gasteiger partial charge in [-0.2, -0.15) is 5.10 Å². The second kappa shape index (κ2) is 5.86. The highest BCUT2D eigenvalue weighted by atomic mass is 19.4. The van der Waals surface area contributed by atoms with Crippen LogP contribution in [0.3, 0.4) is 0 Å². The van der Waals surface area contributed by atoms with E-state index in [-0.39, 0.29) is 11.3 Å². The van der Waals surface area contributed by atoms with Crippen LogP contribution in [0.15, 0.2) is 36.7 Å². The molecule has 1 aromatic heterocycles. The molecule has 2 rings (SSSR count). The van der Waals surface area contributed by atoms with Crippen LogP contribution in [0.2, 0.25) is 0 Å². The molecule has 0 aliphatic carbocycles. The number of nitrogens with one attached hydrogen (secondary N) is 1. The van der Waals surface area contributed by atoms with Gasteiger partial charge in [-0.25, -0.2) is 0 Å². The van der Waals surface area contributed by atoms with Gasteiger partial charge in [-0.15, -0.1) is 13.2 Å². The van der Waals surface area contributed by atoms with Gasteiger partial charge < -0.3 is 10.1 Å². The van der Waals surface area contributed by atoms with Gasteiger partial charge in [0.25, 0.3) is 5.91 Å². The lowest BCUT2D eigenvalue weighted by atomic mass is 10.2. The van der Waals surface area contributed by atoms with Crippen molar-refractivity contribution in [3.63, 3.8) is 0 Å². The van der Waals surface area contributed by atoms with Crippen LogP contribution < -0.4 is 10.1 Å². The Morgan fingerprint density at radius 3 is 2.71 bits per heavy atom. The molecule has 0 radical (unpaired) electrons. The predicted octanol–water partition coefficient (Wildman–Crippen LogP) is 3.05. The number of para-hydroxylation sites is 2. The van der Waals surface area contributed by atoms with Crippen LogP contribution in [0.5, 0.6) is 5.75 Å². The fourth-order valence-corrected chi connectivity index (χ4v) is 1.63. The molecule has 2 aromatic rings. The summed E-state index contributed by atoms with van der Waals surface area (Å²) in [6.45, 7) is 2.43. The molecule has 21 heavy (non-hydrogen) atoms. The van der Waals surface area contributed by atoms with Gasteiger partial charge in [0.15, 0.2) is 5.75 Å². The van der Waals surface area contributed by atoms with Crippen molar-refractivity contribution < 1.29 is 22.7 Å². The number of anilines is 1. The number of aromatic nitrogens is 2. The lowest BCUT2D eigenvalue weighted by Gasteiger charge is -2.13. The molecule has 1 N–H and O–H groups in total. The maximum atomic E-state index is 12.3. The molecular formula is C13H12F3N3O2. The number of nitrogens with zero attached hydrogens (tertiary/aromatic N) is 2. The summed E-state index contributed by atoms with van der Waals surface area (Å²) in [5, 5.41) is 6.29. The molecule has 1 heterocycles. The maximum absolute atomic E-state index is 12.3. The summed E-state index contributed by atoms with van der Waals surface area (Å²) in [5.74, 6) is -1.03. The molecule has 8 heteroatoms. The topological polar surface area (TPSA) is 56.2 Å². The largest absolute Gasteiger partial charge is 0.573 e. The summed E-state index contributed by atoms with van der Waals surface area (Å²) in [7, 11) is 0. The van der Waals surface area contributed by atoms with Gasteiger partial charge in [0.1, 0.15) is 0 Å². The highest BCUT2D eigenvalue weighted by molar-refractivity contribution is 6.04. The zero-order valence-corrected chi connectivity index (χ0v) is 11.0. The third-order valence-electron chi connectivity index (χ3n) is 2.58. The number of benzene rings is 1. The summed E-state index contributed by atoms with van der Waals surface area (Å²) in [6, 6.07) is 5.32. The number of halogens is 3. The molecule has 0 aliphatic heterocycles. The molecule has 1 aromatic carbocycles. The number of carbonyl (C=O) groups is 1. The Hall–Kier alpha value is -2.51. The van der Waals surface area contributed by atoms with E-state index in [0.29, 0.717) is 6.54 Å². The molecule has 5 nitrogen and oxygen atoms in total. The summed E-state index contributed by atoms with van der Waals surface area (Å²) in [6.07, 6.45) is -1.98. The fourth-order valence-electron chi connectivity index (χ4n) is 1.63. The highest BCUT2D eigenvalue weighted by Gasteiger charge is 2.32. The van der Waals surface area contributed by atoms with Crippen molar-refractivity contribution in [2.45, 2.75) is 19.8 Å². The zero-order valence-electron chi connectivity index (χ0n) is 11.0. The monoisotopic (exact) mass is 299 g/mol. The molecule has 0 unspecified atom stereocenters. The van der Waals surface area contributed by atoms with Crippen molar-refractivity contribution in [3.8, 4) is 5.75 Å². The second-order valence-electron chi connectivity index (χ2n) is 4.08. The lowest BCUT2D eigenvalue weighted by Crippen LogP contribution is -2.19. The number of carbonyl (C=O) groups excluding carboxylic acids is 1. The first-order valence-corrected chi connectivity index (χ1v) is 6.07. The van der Waals surface area contributed by atoms with Gasteiger partial charge in [-0.3, -0.25) is 9.48 Å². The lowest BCUT2D eigenvalue weighted by molar-refractivity contribution is -0.274. The van der Waals surface area contributed by atoms with Crippen molar-refractivity contribution in [1.82, 2.24) is 9.78 Å². The first-order valence-electron chi connectivity index (χ1n) is 6.07. The Labute approximate surface area is 118 Å². The Morgan fingerprint density at radius 2 is 2.10 bits per heavy atom. The van der Waals surface area contributed by atoms with E-state index < -0.39 is 18.0 Å². The Bertz CT molecular complexity index is 638. The molecule has 0 spiro atoms. The number of amides is 1. The normalized spacial score (nSPS) is 11.2. The van der Waals surface area contributed by atoms with Gasteiger partial charge in [-0.05, 0) is 19.1 Å². The minimum Gasteiger partial charge on any atom is -0.404 e. The van der Waals surface area contributed by atoms with Crippen LogP contribution in [0.4, 0.5) is 18.9 Å².